The van der Waals surface area contributed by atoms with Crippen molar-refractivity contribution in [3.8, 4) is 0 Å². The summed E-state index contributed by atoms with van der Waals surface area (Å²) in [4.78, 5) is 26.9. The fourth-order valence-corrected chi connectivity index (χ4v) is 5.24. The number of carboxylic acid groups (broad SMARTS) is 1. The van der Waals surface area contributed by atoms with Crippen molar-refractivity contribution in [2.24, 2.45) is 5.92 Å². The van der Waals surface area contributed by atoms with E-state index in [0.29, 0.717) is 12.3 Å². The second-order valence-corrected chi connectivity index (χ2v) is 10.3. The first kappa shape index (κ1) is 27.8. The number of hydrogen-bond donors (Lipinski definition) is 3. The Morgan fingerprint density at radius 2 is 1.66 bits per heavy atom. The van der Waals surface area contributed by atoms with Gasteiger partial charge in [0, 0.05) is 36.4 Å². The summed E-state index contributed by atoms with van der Waals surface area (Å²) in [6.07, 6.45) is 0.654. The number of carbonyl (C=O) groups excluding carboxylic acids is 1. The molecule has 4 unspecified atom stereocenters. The van der Waals surface area contributed by atoms with E-state index in [2.05, 4.69) is 17.2 Å². The Morgan fingerprint density at radius 1 is 0.947 bits per heavy atom. The molecule has 4 rings (SSSR count). The molecule has 2 heterocycles. The molecular formula is C29H32N2O6S. The van der Waals surface area contributed by atoms with Crippen LogP contribution in [0.2, 0.25) is 0 Å². The molecule has 200 valence electrons. The first-order chi connectivity index (χ1) is 18.4. The van der Waals surface area contributed by atoms with E-state index in [-0.39, 0.29) is 43.5 Å². The largest absolute Gasteiger partial charge is 0.481 e. The van der Waals surface area contributed by atoms with Crippen molar-refractivity contribution in [2.45, 2.75) is 56.4 Å². The van der Waals surface area contributed by atoms with E-state index in [9.17, 15) is 14.7 Å². The predicted octanol–water partition coefficient (Wildman–Crippen LogP) is 4.64. The molecule has 0 saturated carbocycles. The van der Waals surface area contributed by atoms with Crippen molar-refractivity contribution >= 4 is 23.6 Å². The second-order valence-electron chi connectivity index (χ2n) is 9.21. The maximum atomic E-state index is 11.8. The van der Waals surface area contributed by atoms with Crippen LogP contribution in [-0.2, 0) is 32.2 Å². The number of aromatic nitrogens is 1. The summed E-state index contributed by atoms with van der Waals surface area (Å²) in [7, 11) is 0. The van der Waals surface area contributed by atoms with Crippen molar-refractivity contribution in [3.05, 3.63) is 95.2 Å². The fourth-order valence-electron chi connectivity index (χ4n) is 4.21. The Labute approximate surface area is 226 Å². The molecule has 0 bridgehead atoms. The van der Waals surface area contributed by atoms with Crippen LogP contribution in [0.1, 0.15) is 54.4 Å². The number of hydrogen-bond acceptors (Lipinski definition) is 7. The number of rotatable bonds is 11. The van der Waals surface area contributed by atoms with Gasteiger partial charge in [-0.05, 0) is 28.8 Å². The second kappa shape index (κ2) is 13.5. The number of aliphatic hydroxyl groups is 1. The van der Waals surface area contributed by atoms with Gasteiger partial charge in [0.1, 0.15) is 0 Å². The fraction of sp³-hybridized carbons (Fsp3) is 0.345. The normalized spacial score (nSPS) is 21.1. The summed E-state index contributed by atoms with van der Waals surface area (Å²) >= 11 is 1.65. The smallest absolute Gasteiger partial charge is 0.303 e. The highest BCUT2D eigenvalue weighted by Crippen LogP contribution is 2.42. The average molecular weight is 537 g/mol. The third kappa shape index (κ3) is 7.64. The molecule has 0 radical (unpaired) electrons. The highest BCUT2D eigenvalue weighted by atomic mass is 32.2. The SMILES string of the molecule is CC1C(CSc2ccccn2)OC(c2ccc(CNC(=O)CCC(=O)O)cc2)OC1c1ccc(CO)cc1. The van der Waals surface area contributed by atoms with Crippen LogP contribution in [0.25, 0.3) is 0 Å². The van der Waals surface area contributed by atoms with E-state index < -0.39 is 12.3 Å². The number of amides is 1. The highest BCUT2D eigenvalue weighted by Gasteiger charge is 2.38. The van der Waals surface area contributed by atoms with Crippen LogP contribution in [0.4, 0.5) is 0 Å². The number of nitrogens with one attached hydrogen (secondary N) is 1. The van der Waals surface area contributed by atoms with Crippen LogP contribution in [0.3, 0.4) is 0 Å². The summed E-state index contributed by atoms with van der Waals surface area (Å²) < 4.78 is 12.9. The number of aliphatic hydroxyl groups excluding tert-OH is 1. The Kier molecular flexibility index (Phi) is 9.89. The number of benzene rings is 2. The van der Waals surface area contributed by atoms with Crippen molar-refractivity contribution in [1.29, 1.82) is 0 Å². The van der Waals surface area contributed by atoms with E-state index in [1.54, 1.807) is 18.0 Å². The number of pyridine rings is 1. The Morgan fingerprint density at radius 3 is 2.32 bits per heavy atom. The zero-order valence-electron chi connectivity index (χ0n) is 21.2. The monoisotopic (exact) mass is 536 g/mol. The van der Waals surface area contributed by atoms with Crippen molar-refractivity contribution in [1.82, 2.24) is 10.3 Å². The van der Waals surface area contributed by atoms with E-state index in [1.165, 1.54) is 0 Å². The lowest BCUT2D eigenvalue weighted by Gasteiger charge is -2.41. The molecule has 4 atom stereocenters. The van der Waals surface area contributed by atoms with Crippen LogP contribution in [0, 0.1) is 5.92 Å². The topological polar surface area (TPSA) is 118 Å². The number of nitrogens with zero attached hydrogens (tertiary/aromatic N) is 1. The Bertz CT molecular complexity index is 1190. The van der Waals surface area contributed by atoms with E-state index in [4.69, 9.17) is 14.6 Å². The van der Waals surface area contributed by atoms with E-state index >= 15 is 0 Å². The highest BCUT2D eigenvalue weighted by molar-refractivity contribution is 7.99. The molecule has 1 aliphatic heterocycles. The zero-order valence-corrected chi connectivity index (χ0v) is 22.0. The summed E-state index contributed by atoms with van der Waals surface area (Å²) in [5, 5.41) is 21.8. The van der Waals surface area contributed by atoms with Gasteiger partial charge in [-0.2, -0.15) is 0 Å². The van der Waals surface area contributed by atoms with Gasteiger partial charge in [-0.3, -0.25) is 9.59 Å². The quantitative estimate of drug-likeness (QED) is 0.304. The number of ether oxygens (including phenoxy) is 2. The molecule has 1 saturated heterocycles. The summed E-state index contributed by atoms with van der Waals surface area (Å²) in [6.45, 7) is 2.43. The lowest BCUT2D eigenvalue weighted by atomic mass is 9.91. The van der Waals surface area contributed by atoms with Crippen LogP contribution in [0.15, 0.2) is 78.0 Å². The molecule has 3 N–H and O–H groups in total. The van der Waals surface area contributed by atoms with Gasteiger partial charge in [-0.1, -0.05) is 61.5 Å². The molecule has 9 heteroatoms. The summed E-state index contributed by atoms with van der Waals surface area (Å²) in [5.41, 5.74) is 3.62. The lowest BCUT2D eigenvalue weighted by molar-refractivity contribution is -0.268. The molecule has 3 aromatic rings. The molecular weight excluding hydrogens is 504 g/mol. The molecule has 1 amide bonds. The molecule has 1 aliphatic rings. The Balaban J connectivity index is 1.47. The van der Waals surface area contributed by atoms with Gasteiger partial charge in [0.2, 0.25) is 5.91 Å². The predicted molar refractivity (Wildman–Crippen MR) is 143 cm³/mol. The van der Waals surface area contributed by atoms with Gasteiger partial charge in [-0.15, -0.1) is 11.8 Å². The van der Waals surface area contributed by atoms with Crippen LogP contribution in [-0.4, -0.2) is 38.9 Å². The molecule has 1 aromatic heterocycles. The average Bonchev–Trinajstić information content (AvgIpc) is 2.95. The molecule has 0 aliphatic carbocycles. The lowest BCUT2D eigenvalue weighted by Crippen LogP contribution is -2.38. The van der Waals surface area contributed by atoms with E-state index in [0.717, 1.165) is 27.3 Å². The number of carboxylic acids is 1. The van der Waals surface area contributed by atoms with Crippen molar-refractivity contribution < 1.29 is 29.3 Å². The van der Waals surface area contributed by atoms with Gasteiger partial charge in [0.25, 0.3) is 0 Å². The van der Waals surface area contributed by atoms with Gasteiger partial charge in [0.15, 0.2) is 6.29 Å². The standard InChI is InChI=1S/C29H32N2O6S/c1-19-24(18-38-26-4-2-3-15-30-26)36-29(37-28(19)22-9-7-21(17-32)8-10-22)23-11-5-20(6-12-23)16-31-25(33)13-14-27(34)35/h2-12,15,19,24,28-29,32H,13-14,16-18H2,1H3,(H,31,33)(H,34,35). The zero-order chi connectivity index (χ0) is 26.9. The van der Waals surface area contributed by atoms with Gasteiger partial charge in [0.05, 0.1) is 30.3 Å². The minimum atomic E-state index is -0.995. The Hall–Kier alpha value is -3.24. The van der Waals surface area contributed by atoms with Gasteiger partial charge in [-0.25, -0.2) is 4.98 Å². The minimum absolute atomic E-state index is 0.0111. The molecule has 2 aromatic carbocycles. The van der Waals surface area contributed by atoms with Gasteiger partial charge >= 0.3 is 5.97 Å². The van der Waals surface area contributed by atoms with Crippen molar-refractivity contribution in [2.75, 3.05) is 5.75 Å². The summed E-state index contributed by atoms with van der Waals surface area (Å²) in [6, 6.07) is 21.3. The molecule has 1 fully saturated rings. The molecule has 0 spiro atoms. The van der Waals surface area contributed by atoms with Crippen LogP contribution in [0.5, 0.6) is 0 Å². The van der Waals surface area contributed by atoms with E-state index in [1.807, 2.05) is 66.7 Å². The van der Waals surface area contributed by atoms with Gasteiger partial charge < -0.3 is 25.0 Å². The molecule has 8 nitrogen and oxygen atoms in total. The summed E-state index contributed by atoms with van der Waals surface area (Å²) in [5.74, 6) is -0.509. The van der Waals surface area contributed by atoms with Crippen LogP contribution >= 0.6 is 11.8 Å². The third-order valence-corrected chi connectivity index (χ3v) is 7.50. The number of aliphatic carboxylic acids is 1. The molecule has 38 heavy (non-hydrogen) atoms. The maximum Gasteiger partial charge on any atom is 0.303 e. The first-order valence-electron chi connectivity index (χ1n) is 12.5. The van der Waals surface area contributed by atoms with Crippen LogP contribution < -0.4 is 5.32 Å². The minimum Gasteiger partial charge on any atom is -0.481 e. The number of carbonyl (C=O) groups is 2. The van der Waals surface area contributed by atoms with Crippen molar-refractivity contribution in [3.63, 3.8) is 0 Å². The maximum absolute atomic E-state index is 11.8. The number of thioether (sulfide) groups is 1. The first-order valence-corrected chi connectivity index (χ1v) is 13.5. The third-order valence-electron chi connectivity index (χ3n) is 6.46.